The number of hydrogen-bond acceptors (Lipinski definition) is 8. The Labute approximate surface area is 235 Å². The van der Waals surface area contributed by atoms with E-state index in [2.05, 4.69) is 36.5 Å². The Morgan fingerprint density at radius 1 is 0.947 bits per heavy atom. The van der Waals surface area contributed by atoms with Crippen molar-refractivity contribution in [2.24, 2.45) is 23.7 Å². The molecule has 4 unspecified atom stereocenters. The summed E-state index contributed by atoms with van der Waals surface area (Å²) in [5.41, 5.74) is 0. The quantitative estimate of drug-likeness (QED) is 0.134. The maximum absolute atomic E-state index is 11.4. The molecule has 2 saturated carbocycles. The van der Waals surface area contributed by atoms with Gasteiger partial charge >= 0.3 is 24.6 Å². The highest BCUT2D eigenvalue weighted by atomic mass is 31.1. The summed E-state index contributed by atoms with van der Waals surface area (Å²) in [4.78, 5) is 34.2. The number of rotatable bonds is 10. The van der Waals surface area contributed by atoms with E-state index in [0.29, 0.717) is 32.1 Å². The normalized spacial score (nSPS) is 34.5. The van der Waals surface area contributed by atoms with E-state index < -0.39 is 6.10 Å². The summed E-state index contributed by atoms with van der Waals surface area (Å²) in [5.74, 6) is 0.398. The van der Waals surface area contributed by atoms with Crippen molar-refractivity contribution in [2.45, 2.75) is 82.9 Å². The molecule has 4 aliphatic rings. The van der Waals surface area contributed by atoms with E-state index >= 15 is 0 Å². The van der Waals surface area contributed by atoms with E-state index in [9.17, 15) is 19.5 Å². The van der Waals surface area contributed by atoms with E-state index in [0.717, 1.165) is 6.42 Å². The summed E-state index contributed by atoms with van der Waals surface area (Å²) in [5, 5.41) is 9.64. The van der Waals surface area contributed by atoms with Gasteiger partial charge < -0.3 is 23.9 Å². The van der Waals surface area contributed by atoms with Crippen LogP contribution in [-0.2, 0) is 33.2 Å². The second-order valence-electron chi connectivity index (χ2n) is 10.2. The zero-order chi connectivity index (χ0) is 28.0. The molecule has 14 heteroatoms. The van der Waals surface area contributed by atoms with Crippen molar-refractivity contribution in [3.05, 3.63) is 24.3 Å². The molecule has 2 heterocycles. The molecular weight excluding hydrogens is 562 g/mol. The van der Waals surface area contributed by atoms with E-state index in [-0.39, 0.29) is 78.5 Å². The van der Waals surface area contributed by atoms with Crippen molar-refractivity contribution in [1.29, 1.82) is 0 Å². The lowest BCUT2D eigenvalue weighted by molar-refractivity contribution is -0.142. The van der Waals surface area contributed by atoms with Crippen LogP contribution >= 0.6 is 36.5 Å². The van der Waals surface area contributed by atoms with Gasteiger partial charge in [0.1, 0.15) is 12.2 Å². The van der Waals surface area contributed by atoms with Crippen molar-refractivity contribution in [1.82, 2.24) is 0 Å². The lowest BCUT2D eigenvalue weighted by Gasteiger charge is -2.22. The highest BCUT2D eigenvalue weighted by Crippen LogP contribution is 2.45. The van der Waals surface area contributed by atoms with E-state index in [1.807, 2.05) is 32.1 Å². The lowest BCUT2D eigenvalue weighted by Crippen LogP contribution is -2.24. The fourth-order valence-electron chi connectivity index (χ4n) is 5.75. The van der Waals surface area contributed by atoms with Gasteiger partial charge in [0.15, 0.2) is 5.78 Å². The van der Waals surface area contributed by atoms with Gasteiger partial charge in [0.2, 0.25) is 0 Å². The second kappa shape index (κ2) is 15.2. The molecule has 210 valence electrons. The fourth-order valence-corrected chi connectivity index (χ4v) is 6.56. The van der Waals surface area contributed by atoms with Gasteiger partial charge in [-0.15, -0.1) is 36.5 Å². The molecule has 2 saturated heterocycles. The number of esters is 2. The molecule has 0 amide bonds. The van der Waals surface area contributed by atoms with Crippen molar-refractivity contribution in [3.8, 4) is 0 Å². The molecule has 0 bridgehead atoms. The summed E-state index contributed by atoms with van der Waals surface area (Å²) in [6, 6.07) is 0. The van der Waals surface area contributed by atoms with Gasteiger partial charge in [0, 0.05) is 42.9 Å². The first-order valence-electron chi connectivity index (χ1n) is 13.3. The number of aliphatic hydroxyl groups is 1. The minimum atomic E-state index is -0.430. The highest BCUT2D eigenvalue weighted by molar-refractivity contribution is 7.92. The Bertz CT molecular complexity index is 905. The molecule has 0 aromatic carbocycles. The molecule has 0 aromatic heterocycles. The Morgan fingerprint density at radius 3 is 1.84 bits per heavy atom. The van der Waals surface area contributed by atoms with Gasteiger partial charge in [-0.2, -0.15) is 0 Å². The largest absolute Gasteiger partial charge is 0.462 e. The van der Waals surface area contributed by atoms with Crippen LogP contribution in [0.5, 0.6) is 0 Å². The van der Waals surface area contributed by atoms with Crippen LogP contribution in [0.25, 0.3) is 0 Å². The molecule has 38 heavy (non-hydrogen) atoms. The Hall–Kier alpha value is -0.180. The number of ketones is 1. The molecular formula is C24H40B2O8P4. The van der Waals surface area contributed by atoms with Crippen LogP contribution in [-0.4, -0.2) is 66.1 Å². The molecule has 8 nitrogen and oxygen atoms in total. The third-order valence-corrected chi connectivity index (χ3v) is 8.22. The molecule has 0 spiro atoms. The molecule has 2 aliphatic heterocycles. The molecule has 13 atom stereocenters. The lowest BCUT2D eigenvalue weighted by atomic mass is 9.91. The van der Waals surface area contributed by atoms with Gasteiger partial charge in [0.05, 0.1) is 31.2 Å². The van der Waals surface area contributed by atoms with Crippen LogP contribution in [0.1, 0.15) is 52.4 Å². The number of fused-ring (bicyclic) bond motifs is 2. The summed E-state index contributed by atoms with van der Waals surface area (Å²) in [6.45, 7) is 3.77. The van der Waals surface area contributed by atoms with Gasteiger partial charge in [-0.1, -0.05) is 32.1 Å². The summed E-state index contributed by atoms with van der Waals surface area (Å²) < 4.78 is 22.3. The van der Waals surface area contributed by atoms with Gasteiger partial charge in [-0.05, 0) is 12.5 Å². The number of ether oxygens (including phenoxy) is 2. The second-order valence-corrected chi connectivity index (χ2v) is 14.4. The fraction of sp³-hybridized carbons (Fsp3) is 0.708. The van der Waals surface area contributed by atoms with Crippen LogP contribution in [0.15, 0.2) is 24.3 Å². The summed E-state index contributed by atoms with van der Waals surface area (Å²) in [6.07, 6.45) is 10.4. The van der Waals surface area contributed by atoms with Gasteiger partial charge in [0.25, 0.3) is 0 Å². The topological polar surface area (TPSA) is 108 Å². The highest BCUT2D eigenvalue weighted by Gasteiger charge is 2.50. The summed E-state index contributed by atoms with van der Waals surface area (Å²) in [7, 11) is 10.3. The van der Waals surface area contributed by atoms with Crippen LogP contribution in [0.3, 0.4) is 0 Å². The van der Waals surface area contributed by atoms with E-state index in [1.54, 1.807) is 6.08 Å². The zero-order valence-electron chi connectivity index (χ0n) is 22.0. The predicted molar refractivity (Wildman–Crippen MR) is 162 cm³/mol. The van der Waals surface area contributed by atoms with Crippen LogP contribution < -0.4 is 0 Å². The summed E-state index contributed by atoms with van der Waals surface area (Å²) >= 11 is 0. The maximum atomic E-state index is 11.4. The number of aliphatic hydroxyl groups excluding tert-OH is 1. The van der Waals surface area contributed by atoms with Crippen molar-refractivity contribution in [2.75, 3.05) is 0 Å². The number of carbonyl (C=O) groups is 3. The van der Waals surface area contributed by atoms with Crippen LogP contribution in [0, 0.1) is 23.7 Å². The first-order valence-corrected chi connectivity index (χ1v) is 16.0. The molecule has 0 radical (unpaired) electrons. The first kappa shape index (κ1) is 32.3. The molecule has 1 N–H and O–H groups in total. The van der Waals surface area contributed by atoms with Crippen molar-refractivity contribution >= 4 is 66.9 Å². The minimum absolute atomic E-state index is 0.00371. The minimum Gasteiger partial charge on any atom is -0.462 e. The van der Waals surface area contributed by atoms with Crippen molar-refractivity contribution < 1.29 is 38.3 Å². The average molecular weight is 602 g/mol. The maximum Gasteiger partial charge on any atom is 0.336 e. The number of hydrogen-bond donors (Lipinski definition) is 1. The molecule has 2 aliphatic carbocycles. The standard InChI is InChI=1S/C12H21BO4P2.C12H19BO4P2/c2*1-2-7(14)3-4-8-9-5-12(15)16-10(9)6-11(8)17-13(18)19/h3-4,7-11,14H,2,5-6,18-19H2,1H3;3-4,8-11H,2,5-6,18-19H2,1H3/b2*4-3+/t7-,8-,9-,10+,11-;8-,9-,10+,11-/m11/s1. The van der Waals surface area contributed by atoms with Gasteiger partial charge in [-0.25, -0.2) is 0 Å². The van der Waals surface area contributed by atoms with E-state index in [4.69, 9.17) is 18.8 Å². The van der Waals surface area contributed by atoms with Crippen LogP contribution in [0.2, 0.25) is 0 Å². The molecule has 4 fully saturated rings. The predicted octanol–water partition coefficient (Wildman–Crippen LogP) is 2.98. The Kier molecular flexibility index (Phi) is 12.9. The third kappa shape index (κ3) is 8.91. The monoisotopic (exact) mass is 602 g/mol. The average Bonchev–Trinajstić information content (AvgIpc) is 3.55. The molecule has 0 aromatic rings. The SMILES string of the molecule is CCC(=O)/C=C/[C@@H]1[C@H]2CC(=O)O[C@H]2C[C@H]1OB(P)P.CC[C@@H](O)/C=C/[C@@H]1[C@H]2CC(=O)O[C@H]2C[C@H]1OB(P)P. The zero-order valence-corrected chi connectivity index (χ0v) is 26.6. The number of carbonyl (C=O) groups excluding carboxylic acids is 3. The van der Waals surface area contributed by atoms with Crippen molar-refractivity contribution in [3.63, 3.8) is 0 Å². The first-order chi connectivity index (χ1) is 18.0. The Balaban J connectivity index is 0.000000211. The van der Waals surface area contributed by atoms with Crippen LogP contribution in [0.4, 0.5) is 0 Å². The number of allylic oxidation sites excluding steroid dienone is 1. The van der Waals surface area contributed by atoms with E-state index in [1.165, 1.54) is 0 Å². The smallest absolute Gasteiger partial charge is 0.336 e. The van der Waals surface area contributed by atoms with Gasteiger partial charge in [-0.3, -0.25) is 14.4 Å². The Morgan fingerprint density at radius 2 is 1.42 bits per heavy atom. The third-order valence-electron chi connectivity index (χ3n) is 7.59. The molecule has 4 rings (SSSR count).